The molecule has 102 valence electrons. The molecule has 0 fully saturated rings. The molecule has 0 aliphatic carbocycles. The number of hydrogen-bond acceptors (Lipinski definition) is 2. The van der Waals surface area contributed by atoms with E-state index in [9.17, 15) is 9.59 Å². The van der Waals surface area contributed by atoms with Crippen LogP contribution in [0.5, 0.6) is 0 Å². The lowest BCUT2D eigenvalue weighted by molar-refractivity contribution is -0.108. The average Bonchev–Trinajstić information content (AvgIpc) is 3.07. The molecule has 4 nitrogen and oxygen atoms in total. The normalized spacial score (nSPS) is 11.5. The molecule has 0 amide bonds. The van der Waals surface area contributed by atoms with E-state index in [1.807, 2.05) is 36.4 Å². The molecule has 21 heavy (non-hydrogen) atoms. The highest BCUT2D eigenvalue weighted by molar-refractivity contribution is 6.83. The van der Waals surface area contributed by atoms with Crippen LogP contribution in [-0.2, 0) is 4.79 Å². The molecule has 0 saturated heterocycles. The standard InChI is InChI=1S/C16H9ClN2O2/c17-16(21)15(20)11-7-18-13-10(11)6-5-9-8-3-1-2-4-12(8)19-14(9)13/h1-7,18-19H. The third-order valence-electron chi connectivity index (χ3n) is 3.76. The van der Waals surface area contributed by atoms with Gasteiger partial charge in [0, 0.05) is 27.9 Å². The zero-order valence-electron chi connectivity index (χ0n) is 10.7. The van der Waals surface area contributed by atoms with Gasteiger partial charge in [0.2, 0.25) is 5.78 Å². The van der Waals surface area contributed by atoms with E-state index in [0.717, 1.165) is 27.3 Å². The van der Waals surface area contributed by atoms with Crippen molar-refractivity contribution in [3.63, 3.8) is 0 Å². The number of Topliss-reactive ketones (excluding diaryl/α,β-unsaturated/α-hetero) is 1. The Kier molecular flexibility index (Phi) is 2.43. The van der Waals surface area contributed by atoms with E-state index in [1.54, 1.807) is 0 Å². The van der Waals surface area contributed by atoms with Gasteiger partial charge in [-0.3, -0.25) is 9.59 Å². The third kappa shape index (κ3) is 1.63. The van der Waals surface area contributed by atoms with Gasteiger partial charge in [-0.1, -0.05) is 30.3 Å². The Hall–Kier alpha value is -2.59. The first-order chi connectivity index (χ1) is 10.2. The predicted octanol–water partition coefficient (Wildman–Crippen LogP) is 3.75. The molecule has 4 aromatic rings. The van der Waals surface area contributed by atoms with Gasteiger partial charge in [0.05, 0.1) is 16.6 Å². The first-order valence-corrected chi connectivity index (χ1v) is 6.79. The Morgan fingerprint density at radius 1 is 0.905 bits per heavy atom. The van der Waals surface area contributed by atoms with Gasteiger partial charge in [-0.15, -0.1) is 0 Å². The van der Waals surface area contributed by atoms with Crippen molar-refractivity contribution in [2.24, 2.45) is 0 Å². The first-order valence-electron chi connectivity index (χ1n) is 6.41. The summed E-state index contributed by atoms with van der Waals surface area (Å²) in [6.45, 7) is 0. The Morgan fingerprint density at radius 3 is 2.48 bits per heavy atom. The minimum absolute atomic E-state index is 0.297. The SMILES string of the molecule is O=C(Cl)C(=O)c1c[nH]c2c1ccc1c3ccccc3[nH]c12. The van der Waals surface area contributed by atoms with Crippen molar-refractivity contribution in [1.82, 2.24) is 9.97 Å². The molecule has 5 heteroatoms. The van der Waals surface area contributed by atoms with Crippen LogP contribution in [-0.4, -0.2) is 21.0 Å². The highest BCUT2D eigenvalue weighted by atomic mass is 35.5. The molecule has 2 aromatic carbocycles. The minimum Gasteiger partial charge on any atom is -0.359 e. The van der Waals surface area contributed by atoms with Crippen molar-refractivity contribution in [1.29, 1.82) is 0 Å². The van der Waals surface area contributed by atoms with Crippen LogP contribution in [0.3, 0.4) is 0 Å². The van der Waals surface area contributed by atoms with Crippen LogP contribution >= 0.6 is 11.6 Å². The minimum atomic E-state index is -0.979. The van der Waals surface area contributed by atoms with E-state index in [-0.39, 0.29) is 0 Å². The number of aromatic nitrogens is 2. The largest absolute Gasteiger partial charge is 0.359 e. The summed E-state index contributed by atoms with van der Waals surface area (Å²) in [5, 5.41) is 1.89. The molecular formula is C16H9ClN2O2. The van der Waals surface area contributed by atoms with E-state index in [4.69, 9.17) is 11.6 Å². The van der Waals surface area contributed by atoms with Crippen LogP contribution < -0.4 is 0 Å². The number of hydrogen-bond donors (Lipinski definition) is 2. The molecule has 0 saturated carbocycles. The van der Waals surface area contributed by atoms with Crippen molar-refractivity contribution in [2.45, 2.75) is 0 Å². The number of para-hydroxylation sites is 1. The summed E-state index contributed by atoms with van der Waals surface area (Å²) in [4.78, 5) is 29.3. The first kappa shape index (κ1) is 12.2. The summed E-state index contributed by atoms with van der Waals surface area (Å²) in [7, 11) is 0. The molecule has 0 unspecified atom stereocenters. The van der Waals surface area contributed by atoms with Crippen LogP contribution in [0.4, 0.5) is 0 Å². The van der Waals surface area contributed by atoms with Gasteiger partial charge in [0.1, 0.15) is 0 Å². The fourth-order valence-corrected chi connectivity index (χ4v) is 2.91. The molecule has 4 rings (SSSR count). The lowest BCUT2D eigenvalue weighted by atomic mass is 10.1. The summed E-state index contributed by atoms with van der Waals surface area (Å²) >= 11 is 5.29. The number of fused-ring (bicyclic) bond motifs is 5. The van der Waals surface area contributed by atoms with Crippen molar-refractivity contribution in [3.8, 4) is 0 Å². The second-order valence-corrected chi connectivity index (χ2v) is 5.23. The van der Waals surface area contributed by atoms with Crippen LogP contribution in [0, 0.1) is 0 Å². The predicted molar refractivity (Wildman–Crippen MR) is 82.9 cm³/mol. The molecule has 2 aromatic heterocycles. The third-order valence-corrected chi connectivity index (χ3v) is 3.93. The van der Waals surface area contributed by atoms with Gasteiger partial charge < -0.3 is 9.97 Å². The summed E-state index contributed by atoms with van der Waals surface area (Å²) in [6.07, 6.45) is 1.53. The van der Waals surface area contributed by atoms with Crippen molar-refractivity contribution < 1.29 is 9.59 Å². The van der Waals surface area contributed by atoms with Crippen LogP contribution in [0.2, 0.25) is 0 Å². The Morgan fingerprint density at radius 2 is 1.67 bits per heavy atom. The van der Waals surface area contributed by atoms with Crippen molar-refractivity contribution in [2.75, 3.05) is 0 Å². The molecule has 2 N–H and O–H groups in total. The van der Waals surface area contributed by atoms with E-state index < -0.39 is 11.0 Å². The lowest BCUT2D eigenvalue weighted by Crippen LogP contribution is -2.06. The molecule has 0 atom stereocenters. The van der Waals surface area contributed by atoms with Crippen LogP contribution in [0.15, 0.2) is 42.6 Å². The van der Waals surface area contributed by atoms with E-state index >= 15 is 0 Å². The topological polar surface area (TPSA) is 65.7 Å². The monoisotopic (exact) mass is 296 g/mol. The quantitative estimate of drug-likeness (QED) is 0.336. The van der Waals surface area contributed by atoms with Crippen molar-refractivity contribution >= 4 is 55.3 Å². The number of halogens is 1. The summed E-state index contributed by atoms with van der Waals surface area (Å²) in [6, 6.07) is 11.8. The average molecular weight is 297 g/mol. The fourth-order valence-electron chi connectivity index (χ4n) is 2.81. The summed E-state index contributed by atoms with van der Waals surface area (Å²) in [5.74, 6) is -0.696. The fraction of sp³-hybridized carbons (Fsp3) is 0. The Labute approximate surface area is 123 Å². The van der Waals surface area contributed by atoms with Gasteiger partial charge in [-0.05, 0) is 17.7 Å². The molecule has 0 bridgehead atoms. The number of nitrogens with one attached hydrogen (secondary N) is 2. The maximum absolute atomic E-state index is 11.8. The number of ketones is 1. The number of H-pyrrole nitrogens is 2. The zero-order valence-corrected chi connectivity index (χ0v) is 11.5. The number of carbonyl (C=O) groups is 2. The molecular weight excluding hydrogens is 288 g/mol. The number of benzene rings is 2. The number of aromatic amines is 2. The van der Waals surface area contributed by atoms with Crippen LogP contribution in [0.25, 0.3) is 32.7 Å². The van der Waals surface area contributed by atoms with E-state index in [1.165, 1.54) is 6.20 Å². The van der Waals surface area contributed by atoms with Gasteiger partial charge in [-0.2, -0.15) is 0 Å². The second kappa shape index (κ2) is 4.20. The van der Waals surface area contributed by atoms with Crippen LogP contribution in [0.1, 0.15) is 10.4 Å². The summed E-state index contributed by atoms with van der Waals surface area (Å²) in [5.41, 5.74) is 3.03. The van der Waals surface area contributed by atoms with Gasteiger partial charge in [0.25, 0.3) is 5.24 Å². The molecule has 0 aliphatic rings. The summed E-state index contributed by atoms with van der Waals surface area (Å²) < 4.78 is 0. The number of carbonyl (C=O) groups excluding carboxylic acids is 2. The molecule has 2 heterocycles. The molecule has 0 radical (unpaired) electrons. The van der Waals surface area contributed by atoms with Crippen molar-refractivity contribution in [3.05, 3.63) is 48.2 Å². The van der Waals surface area contributed by atoms with Gasteiger partial charge in [-0.25, -0.2) is 0 Å². The van der Waals surface area contributed by atoms with E-state index in [2.05, 4.69) is 9.97 Å². The Bertz CT molecular complexity index is 1040. The molecule has 0 spiro atoms. The van der Waals surface area contributed by atoms with Gasteiger partial charge in [0.15, 0.2) is 0 Å². The smallest absolute Gasteiger partial charge is 0.293 e. The maximum Gasteiger partial charge on any atom is 0.293 e. The zero-order chi connectivity index (χ0) is 14.6. The van der Waals surface area contributed by atoms with E-state index in [0.29, 0.717) is 10.9 Å². The highest BCUT2D eigenvalue weighted by Crippen LogP contribution is 2.32. The maximum atomic E-state index is 11.8. The lowest BCUT2D eigenvalue weighted by Gasteiger charge is -1.96. The van der Waals surface area contributed by atoms with Gasteiger partial charge >= 0.3 is 0 Å². The highest BCUT2D eigenvalue weighted by Gasteiger charge is 2.19. The molecule has 0 aliphatic heterocycles. The number of rotatable bonds is 2. The second-order valence-electron chi connectivity index (χ2n) is 4.89. The Balaban J connectivity index is 2.11.